The van der Waals surface area contributed by atoms with Crippen LogP contribution in [0.25, 0.3) is 10.9 Å². The molecular formula is C18H13ClF2N6. The first-order valence-electron chi connectivity index (χ1n) is 7.96. The van der Waals surface area contributed by atoms with Gasteiger partial charge in [0, 0.05) is 28.2 Å². The maximum absolute atomic E-state index is 14.0. The van der Waals surface area contributed by atoms with Crippen molar-refractivity contribution < 1.29 is 8.78 Å². The number of anilines is 4. The van der Waals surface area contributed by atoms with E-state index in [1.807, 2.05) is 13.0 Å². The van der Waals surface area contributed by atoms with Gasteiger partial charge >= 0.3 is 0 Å². The lowest BCUT2D eigenvalue weighted by molar-refractivity contribution is 0.586. The molecule has 0 unspecified atom stereocenters. The molecule has 3 N–H and O–H groups in total. The molecule has 0 aliphatic carbocycles. The van der Waals surface area contributed by atoms with Crippen LogP contribution in [0, 0.1) is 18.6 Å². The van der Waals surface area contributed by atoms with Crippen LogP contribution in [0.3, 0.4) is 0 Å². The Kier molecular flexibility index (Phi) is 4.33. The van der Waals surface area contributed by atoms with Gasteiger partial charge in [0.2, 0.25) is 5.95 Å². The Balaban J connectivity index is 1.78. The molecule has 136 valence electrons. The highest BCUT2D eigenvalue weighted by atomic mass is 35.5. The van der Waals surface area contributed by atoms with Crippen molar-refractivity contribution in [1.29, 1.82) is 0 Å². The summed E-state index contributed by atoms with van der Waals surface area (Å²) in [7, 11) is 0. The minimum atomic E-state index is -0.748. The van der Waals surface area contributed by atoms with E-state index in [1.165, 1.54) is 6.07 Å². The number of halogens is 3. The van der Waals surface area contributed by atoms with E-state index in [1.54, 1.807) is 18.2 Å². The van der Waals surface area contributed by atoms with Crippen LogP contribution in [-0.2, 0) is 0 Å². The Morgan fingerprint density at radius 3 is 2.59 bits per heavy atom. The SMILES string of the molecule is Cc1cc(Nc2nc(Nc3ccc(F)cc3F)nc3cc(Cl)ccc23)n[nH]1. The van der Waals surface area contributed by atoms with E-state index in [0.717, 1.165) is 17.8 Å². The Labute approximate surface area is 157 Å². The van der Waals surface area contributed by atoms with Crippen molar-refractivity contribution in [1.82, 2.24) is 20.2 Å². The van der Waals surface area contributed by atoms with Gasteiger partial charge < -0.3 is 10.6 Å². The van der Waals surface area contributed by atoms with E-state index in [2.05, 4.69) is 30.8 Å². The van der Waals surface area contributed by atoms with Gasteiger partial charge in [-0.1, -0.05) is 11.6 Å². The van der Waals surface area contributed by atoms with Gasteiger partial charge in [-0.3, -0.25) is 5.10 Å². The van der Waals surface area contributed by atoms with E-state index in [0.29, 0.717) is 27.6 Å². The molecule has 6 nitrogen and oxygen atoms in total. The highest BCUT2D eigenvalue weighted by Gasteiger charge is 2.12. The van der Waals surface area contributed by atoms with E-state index in [-0.39, 0.29) is 11.6 Å². The zero-order valence-electron chi connectivity index (χ0n) is 14.0. The molecule has 9 heteroatoms. The van der Waals surface area contributed by atoms with Crippen LogP contribution in [0.1, 0.15) is 5.69 Å². The number of nitrogens with one attached hydrogen (secondary N) is 3. The fourth-order valence-electron chi connectivity index (χ4n) is 2.57. The zero-order chi connectivity index (χ0) is 19.0. The Morgan fingerprint density at radius 1 is 1.00 bits per heavy atom. The number of aromatic amines is 1. The monoisotopic (exact) mass is 386 g/mol. The minimum Gasteiger partial charge on any atom is -0.323 e. The van der Waals surface area contributed by atoms with Gasteiger partial charge in [0.25, 0.3) is 0 Å². The van der Waals surface area contributed by atoms with Crippen LogP contribution in [0.15, 0.2) is 42.5 Å². The predicted octanol–water partition coefficient (Wildman–Crippen LogP) is 5.08. The van der Waals surface area contributed by atoms with Crippen molar-refractivity contribution in [3.63, 3.8) is 0 Å². The molecule has 0 atom stereocenters. The number of hydrogen-bond acceptors (Lipinski definition) is 5. The lowest BCUT2D eigenvalue weighted by atomic mass is 10.2. The third kappa shape index (κ3) is 3.65. The van der Waals surface area contributed by atoms with E-state index < -0.39 is 11.6 Å². The molecule has 27 heavy (non-hydrogen) atoms. The van der Waals surface area contributed by atoms with Gasteiger partial charge in [0.05, 0.1) is 11.2 Å². The molecule has 0 aliphatic rings. The van der Waals surface area contributed by atoms with Gasteiger partial charge in [0.15, 0.2) is 5.82 Å². The first-order valence-corrected chi connectivity index (χ1v) is 8.34. The van der Waals surface area contributed by atoms with E-state index in [9.17, 15) is 8.78 Å². The summed E-state index contributed by atoms with van der Waals surface area (Å²) in [5, 5.41) is 14.1. The van der Waals surface area contributed by atoms with Gasteiger partial charge in [0.1, 0.15) is 17.5 Å². The van der Waals surface area contributed by atoms with Crippen molar-refractivity contribution in [2.45, 2.75) is 6.92 Å². The standard InChI is InChI=1S/C18H13ClF2N6/c1-9-6-16(27-26-9)24-17-12-4-2-10(19)7-15(12)23-18(25-17)22-14-5-3-11(20)8-13(14)21/h2-8H,1H3,(H3,22,23,24,25,26,27). The summed E-state index contributed by atoms with van der Waals surface area (Å²) < 4.78 is 27.1. The summed E-state index contributed by atoms with van der Waals surface area (Å²) in [5.41, 5.74) is 1.49. The number of H-pyrrole nitrogens is 1. The molecule has 4 rings (SSSR count). The van der Waals surface area contributed by atoms with Crippen LogP contribution in [-0.4, -0.2) is 20.2 Å². The second-order valence-electron chi connectivity index (χ2n) is 5.87. The molecule has 2 heterocycles. The third-order valence-electron chi connectivity index (χ3n) is 3.79. The van der Waals surface area contributed by atoms with Crippen molar-refractivity contribution >= 4 is 45.8 Å². The third-order valence-corrected chi connectivity index (χ3v) is 4.02. The lowest BCUT2D eigenvalue weighted by Gasteiger charge is -2.11. The van der Waals surface area contributed by atoms with Crippen LogP contribution < -0.4 is 10.6 Å². The Hall–Kier alpha value is -3.26. The highest BCUT2D eigenvalue weighted by molar-refractivity contribution is 6.31. The second kappa shape index (κ2) is 6.81. The van der Waals surface area contributed by atoms with Gasteiger partial charge in [-0.2, -0.15) is 10.1 Å². The molecule has 0 saturated heterocycles. The number of aryl methyl sites for hydroxylation is 1. The highest BCUT2D eigenvalue weighted by Crippen LogP contribution is 2.28. The molecule has 0 amide bonds. The Morgan fingerprint density at radius 2 is 1.85 bits per heavy atom. The lowest BCUT2D eigenvalue weighted by Crippen LogP contribution is -2.03. The topological polar surface area (TPSA) is 78.5 Å². The number of fused-ring (bicyclic) bond motifs is 1. The van der Waals surface area contributed by atoms with Crippen LogP contribution in [0.2, 0.25) is 5.02 Å². The fourth-order valence-corrected chi connectivity index (χ4v) is 2.73. The molecule has 0 aliphatic heterocycles. The van der Waals surface area contributed by atoms with E-state index in [4.69, 9.17) is 11.6 Å². The first kappa shape index (κ1) is 17.2. The number of benzene rings is 2. The normalized spacial score (nSPS) is 11.0. The molecule has 2 aromatic heterocycles. The number of aromatic nitrogens is 4. The van der Waals surface area contributed by atoms with Crippen molar-refractivity contribution in [2.24, 2.45) is 0 Å². The minimum absolute atomic E-state index is 0.0549. The molecule has 0 bridgehead atoms. The summed E-state index contributed by atoms with van der Waals surface area (Å²) in [4.78, 5) is 8.77. The summed E-state index contributed by atoms with van der Waals surface area (Å²) in [5.74, 6) is -0.248. The molecule has 0 fully saturated rings. The molecule has 4 aromatic rings. The number of rotatable bonds is 4. The average molecular weight is 387 g/mol. The molecule has 0 saturated carbocycles. The van der Waals surface area contributed by atoms with Crippen LogP contribution >= 0.6 is 11.6 Å². The van der Waals surface area contributed by atoms with Gasteiger partial charge in [-0.05, 0) is 37.3 Å². The van der Waals surface area contributed by atoms with Crippen LogP contribution in [0.4, 0.5) is 32.1 Å². The van der Waals surface area contributed by atoms with E-state index >= 15 is 0 Å². The zero-order valence-corrected chi connectivity index (χ0v) is 14.8. The van der Waals surface area contributed by atoms with Crippen LogP contribution in [0.5, 0.6) is 0 Å². The summed E-state index contributed by atoms with van der Waals surface area (Å²) in [6, 6.07) is 10.2. The summed E-state index contributed by atoms with van der Waals surface area (Å²) >= 11 is 6.07. The van der Waals surface area contributed by atoms with Crippen molar-refractivity contribution in [3.8, 4) is 0 Å². The molecule has 2 aromatic carbocycles. The number of nitrogens with zero attached hydrogens (tertiary/aromatic N) is 3. The smallest absolute Gasteiger partial charge is 0.229 e. The molecular weight excluding hydrogens is 374 g/mol. The molecule has 0 spiro atoms. The van der Waals surface area contributed by atoms with Crippen molar-refractivity contribution in [2.75, 3.05) is 10.6 Å². The summed E-state index contributed by atoms with van der Waals surface area (Å²) in [6.45, 7) is 1.88. The quantitative estimate of drug-likeness (QED) is 0.456. The number of hydrogen-bond donors (Lipinski definition) is 3. The fraction of sp³-hybridized carbons (Fsp3) is 0.0556. The average Bonchev–Trinajstić information content (AvgIpc) is 3.02. The van der Waals surface area contributed by atoms with Gasteiger partial charge in [-0.25, -0.2) is 13.8 Å². The largest absolute Gasteiger partial charge is 0.323 e. The van der Waals surface area contributed by atoms with Crippen molar-refractivity contribution in [3.05, 3.63) is 64.8 Å². The van der Waals surface area contributed by atoms with Gasteiger partial charge in [-0.15, -0.1) is 0 Å². The summed E-state index contributed by atoms with van der Waals surface area (Å²) in [6.07, 6.45) is 0. The second-order valence-corrected chi connectivity index (χ2v) is 6.30. The first-order chi connectivity index (χ1) is 13.0. The molecule has 0 radical (unpaired) electrons. The predicted molar refractivity (Wildman–Crippen MR) is 101 cm³/mol. The maximum atomic E-state index is 14.0. The maximum Gasteiger partial charge on any atom is 0.229 e. The Bertz CT molecular complexity index is 1140.